The molecule has 2 aromatic rings. The minimum atomic E-state index is 0.590. The van der Waals surface area contributed by atoms with Gasteiger partial charge < -0.3 is 4.98 Å². The summed E-state index contributed by atoms with van der Waals surface area (Å²) in [7, 11) is 0. The number of aromatic amines is 1. The van der Waals surface area contributed by atoms with Crippen molar-refractivity contribution < 1.29 is 0 Å². The van der Waals surface area contributed by atoms with E-state index in [1.54, 1.807) is 6.20 Å². The highest BCUT2D eigenvalue weighted by Gasteiger charge is 2.27. The first-order valence-corrected chi connectivity index (χ1v) is 7.08. The molecule has 1 fully saturated rings. The van der Waals surface area contributed by atoms with Crippen LogP contribution in [0.3, 0.4) is 0 Å². The molecule has 0 atom stereocenters. The summed E-state index contributed by atoms with van der Waals surface area (Å²) in [5.41, 5.74) is 3.13. The topological polar surface area (TPSA) is 41.6 Å². The second-order valence-corrected chi connectivity index (χ2v) is 5.74. The van der Waals surface area contributed by atoms with Crippen LogP contribution in [0.25, 0.3) is 11.5 Å². The van der Waals surface area contributed by atoms with Crippen molar-refractivity contribution in [3.8, 4) is 11.5 Å². The zero-order chi connectivity index (χ0) is 12.7. The van der Waals surface area contributed by atoms with Crippen molar-refractivity contribution in [1.82, 2.24) is 15.0 Å². The van der Waals surface area contributed by atoms with Gasteiger partial charge in [0.25, 0.3) is 0 Å². The third-order valence-corrected chi connectivity index (χ3v) is 4.47. The number of pyridine rings is 1. The number of nitrogens with one attached hydrogen (secondary N) is 1. The molecule has 92 valence electrons. The maximum absolute atomic E-state index is 5.31. The van der Waals surface area contributed by atoms with Crippen LogP contribution in [0, 0.1) is 11.6 Å². The first-order valence-electron chi connectivity index (χ1n) is 5.88. The molecule has 0 amide bonds. The molecule has 0 aromatic carbocycles. The smallest absolute Gasteiger partial charge is 0.158 e. The molecule has 0 unspecified atom stereocenters. The quantitative estimate of drug-likeness (QED) is 0.845. The summed E-state index contributed by atoms with van der Waals surface area (Å²) in [6.45, 7) is 2.03. The van der Waals surface area contributed by atoms with Gasteiger partial charge in [-0.2, -0.15) is 0 Å². The van der Waals surface area contributed by atoms with Gasteiger partial charge in [0.15, 0.2) is 5.82 Å². The first kappa shape index (κ1) is 12.0. The number of hydrogen-bond acceptors (Lipinski definition) is 3. The summed E-state index contributed by atoms with van der Waals surface area (Å²) in [5, 5.41) is 0. The third kappa shape index (κ3) is 2.12. The van der Waals surface area contributed by atoms with Crippen LogP contribution in [-0.4, -0.2) is 15.0 Å². The number of halogens is 1. The molecule has 0 spiro atoms. The molecular formula is C13H12BrN3S. The van der Waals surface area contributed by atoms with E-state index in [0.29, 0.717) is 10.6 Å². The lowest BCUT2D eigenvalue weighted by Crippen LogP contribution is -1.99. The Labute approximate surface area is 119 Å². The SMILES string of the molecule is Cc1cccnc1-c1nc(=S)c(Br)c(C2CC2)[nH]1. The summed E-state index contributed by atoms with van der Waals surface area (Å²) in [5.74, 6) is 1.36. The lowest BCUT2D eigenvalue weighted by Gasteiger charge is -2.08. The van der Waals surface area contributed by atoms with Crippen LogP contribution >= 0.6 is 28.1 Å². The number of rotatable bonds is 2. The fourth-order valence-electron chi connectivity index (χ4n) is 1.98. The third-order valence-electron chi connectivity index (χ3n) is 3.11. The van der Waals surface area contributed by atoms with Gasteiger partial charge in [-0.1, -0.05) is 18.3 Å². The van der Waals surface area contributed by atoms with Crippen molar-refractivity contribution in [1.29, 1.82) is 0 Å². The lowest BCUT2D eigenvalue weighted by molar-refractivity contribution is 0.964. The molecule has 2 heterocycles. The molecule has 5 heteroatoms. The van der Waals surface area contributed by atoms with E-state index < -0.39 is 0 Å². The largest absolute Gasteiger partial charge is 0.341 e. The van der Waals surface area contributed by atoms with Gasteiger partial charge in [-0.25, -0.2) is 4.98 Å². The van der Waals surface area contributed by atoms with E-state index in [2.05, 4.69) is 30.9 Å². The highest BCUT2D eigenvalue weighted by atomic mass is 79.9. The number of aryl methyl sites for hydroxylation is 1. The van der Waals surface area contributed by atoms with Gasteiger partial charge in [-0.15, -0.1) is 0 Å². The first-order chi connectivity index (χ1) is 8.66. The molecule has 2 aromatic heterocycles. The lowest BCUT2D eigenvalue weighted by atomic mass is 10.2. The Bertz CT molecular complexity index is 662. The zero-order valence-corrected chi connectivity index (χ0v) is 12.3. The molecule has 3 nitrogen and oxygen atoms in total. The van der Waals surface area contributed by atoms with Gasteiger partial charge in [0.2, 0.25) is 0 Å². The summed E-state index contributed by atoms with van der Waals surface area (Å²) >= 11 is 8.84. The predicted molar refractivity (Wildman–Crippen MR) is 77.1 cm³/mol. The van der Waals surface area contributed by atoms with Crippen LogP contribution < -0.4 is 0 Å². The molecule has 0 saturated heterocycles. The number of nitrogens with zero attached hydrogens (tertiary/aromatic N) is 2. The van der Waals surface area contributed by atoms with Gasteiger partial charge in [0, 0.05) is 17.8 Å². The van der Waals surface area contributed by atoms with Crippen LogP contribution in [0.15, 0.2) is 22.8 Å². The van der Waals surface area contributed by atoms with Crippen LogP contribution in [0.2, 0.25) is 0 Å². The molecule has 1 aliphatic rings. The molecule has 1 saturated carbocycles. The average molecular weight is 322 g/mol. The minimum Gasteiger partial charge on any atom is -0.341 e. The van der Waals surface area contributed by atoms with Crippen molar-refractivity contribution in [2.24, 2.45) is 0 Å². The Morgan fingerprint density at radius 3 is 2.89 bits per heavy atom. The maximum Gasteiger partial charge on any atom is 0.158 e. The number of aromatic nitrogens is 3. The van der Waals surface area contributed by atoms with Crippen LogP contribution in [0.1, 0.15) is 30.0 Å². The summed E-state index contributed by atoms with van der Waals surface area (Å²) in [6.07, 6.45) is 4.21. The fraction of sp³-hybridized carbons (Fsp3) is 0.308. The van der Waals surface area contributed by atoms with Crippen LogP contribution in [-0.2, 0) is 0 Å². The fourth-order valence-corrected chi connectivity index (χ4v) is 2.69. The van der Waals surface area contributed by atoms with Gasteiger partial charge in [-0.05, 0) is 47.3 Å². The average Bonchev–Trinajstić information content (AvgIpc) is 3.17. The van der Waals surface area contributed by atoms with E-state index >= 15 is 0 Å². The second kappa shape index (κ2) is 4.55. The van der Waals surface area contributed by atoms with Gasteiger partial charge in [-0.3, -0.25) is 4.98 Å². The van der Waals surface area contributed by atoms with E-state index in [0.717, 1.165) is 27.2 Å². The van der Waals surface area contributed by atoms with Crippen molar-refractivity contribution in [2.75, 3.05) is 0 Å². The summed E-state index contributed by atoms with van der Waals surface area (Å²) < 4.78 is 1.54. The molecule has 18 heavy (non-hydrogen) atoms. The number of hydrogen-bond donors (Lipinski definition) is 1. The van der Waals surface area contributed by atoms with Crippen molar-refractivity contribution >= 4 is 28.1 Å². The highest BCUT2D eigenvalue weighted by molar-refractivity contribution is 9.10. The standard InChI is InChI=1S/C13H12BrN3S/c1-7-3-2-6-15-10(7)12-16-11(8-4-5-8)9(14)13(18)17-12/h2-3,6,8H,4-5H2,1H3,(H,16,17,18). The van der Waals surface area contributed by atoms with E-state index in [1.165, 1.54) is 12.8 Å². The molecular weight excluding hydrogens is 310 g/mol. The molecule has 3 rings (SSSR count). The van der Waals surface area contributed by atoms with Gasteiger partial charge in [0.05, 0.1) is 4.47 Å². The number of H-pyrrole nitrogens is 1. The van der Waals surface area contributed by atoms with E-state index in [4.69, 9.17) is 12.2 Å². The molecule has 1 aliphatic carbocycles. The summed E-state index contributed by atoms with van der Waals surface area (Å²) in [4.78, 5) is 12.2. The zero-order valence-electron chi connectivity index (χ0n) is 9.90. The van der Waals surface area contributed by atoms with Gasteiger partial charge >= 0.3 is 0 Å². The Balaban J connectivity index is 2.19. The van der Waals surface area contributed by atoms with Crippen molar-refractivity contribution in [3.63, 3.8) is 0 Å². The van der Waals surface area contributed by atoms with Crippen molar-refractivity contribution in [2.45, 2.75) is 25.7 Å². The van der Waals surface area contributed by atoms with Crippen LogP contribution in [0.5, 0.6) is 0 Å². The Morgan fingerprint density at radius 2 is 2.22 bits per heavy atom. The Kier molecular flexibility index (Phi) is 3.03. The monoisotopic (exact) mass is 321 g/mol. The normalized spacial score (nSPS) is 14.8. The Hall–Kier alpha value is -1.07. The molecule has 0 radical (unpaired) electrons. The van der Waals surface area contributed by atoms with Crippen molar-refractivity contribution in [3.05, 3.63) is 38.7 Å². The molecule has 1 N–H and O–H groups in total. The van der Waals surface area contributed by atoms with Gasteiger partial charge in [0.1, 0.15) is 10.3 Å². The van der Waals surface area contributed by atoms with E-state index in [1.807, 2.05) is 19.1 Å². The predicted octanol–water partition coefficient (Wildman–Crippen LogP) is 4.15. The second-order valence-electron chi connectivity index (χ2n) is 4.56. The highest BCUT2D eigenvalue weighted by Crippen LogP contribution is 2.42. The van der Waals surface area contributed by atoms with E-state index in [-0.39, 0.29) is 0 Å². The van der Waals surface area contributed by atoms with Crippen LogP contribution in [0.4, 0.5) is 0 Å². The maximum atomic E-state index is 5.31. The minimum absolute atomic E-state index is 0.590. The Morgan fingerprint density at radius 1 is 1.44 bits per heavy atom. The van der Waals surface area contributed by atoms with E-state index in [9.17, 15) is 0 Å². The molecule has 0 aliphatic heterocycles. The summed E-state index contributed by atoms with van der Waals surface area (Å²) in [6, 6.07) is 3.95. The molecule has 0 bridgehead atoms.